The molecule has 0 atom stereocenters. The summed E-state index contributed by atoms with van der Waals surface area (Å²) in [5.74, 6) is 1.56. The molecule has 1 N–H and O–H groups in total. The molecular formula is C14H15NO3. The van der Waals surface area contributed by atoms with E-state index in [1.54, 1.807) is 32.5 Å². The van der Waals surface area contributed by atoms with Crippen LogP contribution in [0.4, 0.5) is 0 Å². The largest absolute Gasteiger partial charge is 0.506 e. The fourth-order valence-corrected chi connectivity index (χ4v) is 1.75. The Morgan fingerprint density at radius 1 is 1.11 bits per heavy atom. The van der Waals surface area contributed by atoms with Crippen molar-refractivity contribution in [3.05, 3.63) is 47.8 Å². The van der Waals surface area contributed by atoms with Crippen LogP contribution in [-0.4, -0.2) is 24.3 Å². The summed E-state index contributed by atoms with van der Waals surface area (Å²) in [6.45, 7) is 0. The Morgan fingerprint density at radius 3 is 2.56 bits per heavy atom. The van der Waals surface area contributed by atoms with Crippen LogP contribution >= 0.6 is 0 Å². The van der Waals surface area contributed by atoms with Crippen molar-refractivity contribution in [2.24, 2.45) is 0 Å². The molecule has 94 valence electrons. The number of pyridine rings is 1. The number of methoxy groups -OCH3 is 2. The number of benzene rings is 1. The summed E-state index contributed by atoms with van der Waals surface area (Å²) >= 11 is 0. The van der Waals surface area contributed by atoms with Gasteiger partial charge in [-0.15, -0.1) is 0 Å². The van der Waals surface area contributed by atoms with Crippen molar-refractivity contribution in [1.29, 1.82) is 0 Å². The van der Waals surface area contributed by atoms with Crippen molar-refractivity contribution >= 4 is 0 Å². The Kier molecular flexibility index (Phi) is 3.67. The van der Waals surface area contributed by atoms with Crippen molar-refractivity contribution in [2.45, 2.75) is 6.42 Å². The highest BCUT2D eigenvalue weighted by molar-refractivity contribution is 5.44. The molecule has 0 aliphatic rings. The van der Waals surface area contributed by atoms with Gasteiger partial charge >= 0.3 is 0 Å². The average molecular weight is 245 g/mol. The monoisotopic (exact) mass is 245 g/mol. The molecule has 0 radical (unpaired) electrons. The molecule has 4 heteroatoms. The molecule has 0 amide bonds. The van der Waals surface area contributed by atoms with Gasteiger partial charge in [0, 0.05) is 12.6 Å². The Labute approximate surface area is 106 Å². The molecule has 2 aromatic rings. The average Bonchev–Trinajstić information content (AvgIpc) is 2.41. The third kappa shape index (κ3) is 2.53. The van der Waals surface area contributed by atoms with Gasteiger partial charge in [-0.2, -0.15) is 0 Å². The van der Waals surface area contributed by atoms with E-state index in [1.807, 2.05) is 18.2 Å². The Morgan fingerprint density at radius 2 is 1.89 bits per heavy atom. The van der Waals surface area contributed by atoms with Crippen LogP contribution in [-0.2, 0) is 6.42 Å². The lowest BCUT2D eigenvalue weighted by Gasteiger charge is -2.09. The molecule has 0 bridgehead atoms. The van der Waals surface area contributed by atoms with Crippen molar-refractivity contribution in [1.82, 2.24) is 4.98 Å². The van der Waals surface area contributed by atoms with Crippen LogP contribution in [0.3, 0.4) is 0 Å². The van der Waals surface area contributed by atoms with Gasteiger partial charge < -0.3 is 14.6 Å². The van der Waals surface area contributed by atoms with Crippen LogP contribution in [0.1, 0.15) is 11.3 Å². The maximum Gasteiger partial charge on any atom is 0.160 e. The van der Waals surface area contributed by atoms with E-state index in [0.29, 0.717) is 23.6 Å². The maximum atomic E-state index is 9.68. The van der Waals surface area contributed by atoms with E-state index in [0.717, 1.165) is 5.56 Å². The van der Waals surface area contributed by atoms with Gasteiger partial charge in [-0.25, -0.2) is 0 Å². The van der Waals surface area contributed by atoms with Gasteiger partial charge in [0.2, 0.25) is 0 Å². The Hall–Kier alpha value is -2.23. The number of hydrogen-bond donors (Lipinski definition) is 1. The minimum absolute atomic E-state index is 0.201. The number of ether oxygens (including phenoxy) is 2. The second-order valence-corrected chi connectivity index (χ2v) is 3.84. The second-order valence-electron chi connectivity index (χ2n) is 3.84. The number of rotatable bonds is 4. The molecule has 1 aromatic carbocycles. The molecule has 4 nitrogen and oxygen atoms in total. The van der Waals surface area contributed by atoms with Crippen LogP contribution in [0, 0.1) is 0 Å². The number of nitrogens with zero attached hydrogens (tertiary/aromatic N) is 1. The zero-order valence-corrected chi connectivity index (χ0v) is 10.4. The summed E-state index contributed by atoms with van der Waals surface area (Å²) in [4.78, 5) is 4.15. The predicted octanol–water partition coefficient (Wildman–Crippen LogP) is 2.40. The Bertz CT molecular complexity index is 540. The first-order valence-electron chi connectivity index (χ1n) is 5.58. The highest BCUT2D eigenvalue weighted by Gasteiger charge is 2.07. The van der Waals surface area contributed by atoms with E-state index < -0.39 is 0 Å². The summed E-state index contributed by atoms with van der Waals surface area (Å²) < 4.78 is 10.4. The normalized spacial score (nSPS) is 10.1. The van der Waals surface area contributed by atoms with Crippen molar-refractivity contribution in [2.75, 3.05) is 14.2 Å². The van der Waals surface area contributed by atoms with Gasteiger partial charge in [-0.3, -0.25) is 4.98 Å². The SMILES string of the molecule is COc1ccc(Cc2ncccc2O)cc1OC. The summed E-state index contributed by atoms with van der Waals surface area (Å²) in [5, 5.41) is 9.68. The molecule has 18 heavy (non-hydrogen) atoms. The van der Waals surface area contributed by atoms with E-state index in [4.69, 9.17) is 9.47 Å². The molecule has 2 rings (SSSR count). The van der Waals surface area contributed by atoms with Crippen LogP contribution in [0.2, 0.25) is 0 Å². The number of aromatic hydroxyl groups is 1. The molecule has 0 unspecified atom stereocenters. The first-order valence-corrected chi connectivity index (χ1v) is 5.58. The van der Waals surface area contributed by atoms with Gasteiger partial charge in [-0.1, -0.05) is 6.07 Å². The van der Waals surface area contributed by atoms with E-state index in [9.17, 15) is 5.11 Å². The van der Waals surface area contributed by atoms with Crippen molar-refractivity contribution in [3.63, 3.8) is 0 Å². The smallest absolute Gasteiger partial charge is 0.160 e. The van der Waals surface area contributed by atoms with E-state index in [2.05, 4.69) is 4.98 Å². The van der Waals surface area contributed by atoms with E-state index in [1.165, 1.54) is 0 Å². The summed E-state index contributed by atoms with van der Waals surface area (Å²) in [5.41, 5.74) is 1.64. The van der Waals surface area contributed by atoms with Gasteiger partial charge in [-0.05, 0) is 29.8 Å². The van der Waals surface area contributed by atoms with Crippen LogP contribution < -0.4 is 9.47 Å². The first kappa shape index (κ1) is 12.2. The zero-order valence-electron chi connectivity index (χ0n) is 10.4. The van der Waals surface area contributed by atoms with Crippen LogP contribution in [0.25, 0.3) is 0 Å². The number of hydrogen-bond acceptors (Lipinski definition) is 4. The summed E-state index contributed by atoms with van der Waals surface area (Å²) in [7, 11) is 3.20. The van der Waals surface area contributed by atoms with Crippen LogP contribution in [0.15, 0.2) is 36.5 Å². The highest BCUT2D eigenvalue weighted by Crippen LogP contribution is 2.29. The highest BCUT2D eigenvalue weighted by atomic mass is 16.5. The molecule has 0 spiro atoms. The van der Waals surface area contributed by atoms with E-state index in [-0.39, 0.29) is 5.75 Å². The molecule has 0 fully saturated rings. The zero-order chi connectivity index (χ0) is 13.0. The maximum absolute atomic E-state index is 9.68. The molecule has 1 aromatic heterocycles. The third-order valence-electron chi connectivity index (χ3n) is 2.69. The lowest BCUT2D eigenvalue weighted by atomic mass is 10.1. The molecular weight excluding hydrogens is 230 g/mol. The molecule has 1 heterocycles. The van der Waals surface area contributed by atoms with Gasteiger partial charge in [0.25, 0.3) is 0 Å². The lowest BCUT2D eigenvalue weighted by Crippen LogP contribution is -1.95. The van der Waals surface area contributed by atoms with Gasteiger partial charge in [0.05, 0.1) is 19.9 Å². The number of aromatic nitrogens is 1. The van der Waals surface area contributed by atoms with Gasteiger partial charge in [0.15, 0.2) is 11.5 Å². The second kappa shape index (κ2) is 5.40. The topological polar surface area (TPSA) is 51.6 Å². The van der Waals surface area contributed by atoms with Crippen molar-refractivity contribution in [3.8, 4) is 17.2 Å². The molecule has 0 aliphatic heterocycles. The molecule has 0 saturated carbocycles. The van der Waals surface area contributed by atoms with E-state index >= 15 is 0 Å². The standard InChI is InChI=1S/C14H15NO3/c1-17-13-6-5-10(9-14(13)18-2)8-11-12(16)4-3-7-15-11/h3-7,9,16H,8H2,1-2H3. The summed E-state index contributed by atoms with van der Waals surface area (Å²) in [6.07, 6.45) is 2.21. The van der Waals surface area contributed by atoms with Crippen molar-refractivity contribution < 1.29 is 14.6 Å². The first-order chi connectivity index (χ1) is 8.74. The summed E-state index contributed by atoms with van der Waals surface area (Å²) in [6, 6.07) is 8.98. The fourth-order valence-electron chi connectivity index (χ4n) is 1.75. The predicted molar refractivity (Wildman–Crippen MR) is 68.3 cm³/mol. The lowest BCUT2D eigenvalue weighted by molar-refractivity contribution is 0.354. The quantitative estimate of drug-likeness (QED) is 0.898. The fraction of sp³-hybridized carbons (Fsp3) is 0.214. The molecule has 0 saturated heterocycles. The Balaban J connectivity index is 2.27. The van der Waals surface area contributed by atoms with Gasteiger partial charge in [0.1, 0.15) is 5.75 Å². The van der Waals surface area contributed by atoms with Crippen LogP contribution in [0.5, 0.6) is 17.2 Å². The minimum atomic E-state index is 0.201. The minimum Gasteiger partial charge on any atom is -0.506 e. The molecule has 0 aliphatic carbocycles. The third-order valence-corrected chi connectivity index (χ3v) is 2.69.